The van der Waals surface area contributed by atoms with Gasteiger partial charge in [0.05, 0.1) is 0 Å². The number of amides is 1. The zero-order valence-electron chi connectivity index (χ0n) is 12.9. The average Bonchev–Trinajstić information content (AvgIpc) is 3.13. The fraction of sp³-hybridized carbons (Fsp3) is 0.941. The molecule has 20 heavy (non-hydrogen) atoms. The summed E-state index contributed by atoms with van der Waals surface area (Å²) in [4.78, 5) is 14.9. The molecular formula is C17H29NOS. The molecule has 1 aliphatic heterocycles. The van der Waals surface area contributed by atoms with E-state index in [1.54, 1.807) is 0 Å². The van der Waals surface area contributed by atoms with Crippen molar-refractivity contribution in [3.05, 3.63) is 0 Å². The lowest BCUT2D eigenvalue weighted by Crippen LogP contribution is -2.37. The molecule has 0 N–H and O–H groups in total. The molecule has 1 amide bonds. The molecule has 2 saturated carbocycles. The van der Waals surface area contributed by atoms with Crippen LogP contribution in [0.4, 0.5) is 0 Å². The monoisotopic (exact) mass is 295 g/mol. The molecule has 2 aliphatic carbocycles. The van der Waals surface area contributed by atoms with Crippen LogP contribution in [0.2, 0.25) is 0 Å². The van der Waals surface area contributed by atoms with Crippen LogP contribution in [-0.2, 0) is 4.79 Å². The van der Waals surface area contributed by atoms with Crippen LogP contribution in [0, 0.1) is 17.8 Å². The van der Waals surface area contributed by atoms with Gasteiger partial charge >= 0.3 is 0 Å². The SMILES string of the molecule is CCN(CC1CCCS1)C(=O)[C@H]1C[C@@H]1C1CCCCC1. The molecule has 1 unspecified atom stereocenters. The van der Waals surface area contributed by atoms with Crippen molar-refractivity contribution < 1.29 is 4.79 Å². The summed E-state index contributed by atoms with van der Waals surface area (Å²) in [5.74, 6) is 3.79. The average molecular weight is 295 g/mol. The third kappa shape index (κ3) is 3.35. The number of hydrogen-bond donors (Lipinski definition) is 0. The molecule has 0 aromatic rings. The molecule has 0 aromatic heterocycles. The minimum atomic E-state index is 0.393. The molecule has 2 nitrogen and oxygen atoms in total. The smallest absolute Gasteiger partial charge is 0.226 e. The van der Waals surface area contributed by atoms with Crippen LogP contribution < -0.4 is 0 Å². The maximum atomic E-state index is 12.7. The minimum absolute atomic E-state index is 0.393. The van der Waals surface area contributed by atoms with E-state index in [1.807, 2.05) is 0 Å². The van der Waals surface area contributed by atoms with Gasteiger partial charge < -0.3 is 4.90 Å². The number of rotatable bonds is 5. The Balaban J connectivity index is 1.49. The quantitative estimate of drug-likeness (QED) is 0.765. The second-order valence-electron chi connectivity index (χ2n) is 6.92. The Hall–Kier alpha value is -0.180. The van der Waals surface area contributed by atoms with Crippen molar-refractivity contribution in [1.82, 2.24) is 4.90 Å². The number of thioether (sulfide) groups is 1. The molecule has 0 radical (unpaired) electrons. The first-order chi connectivity index (χ1) is 9.79. The van der Waals surface area contributed by atoms with Crippen LogP contribution in [0.1, 0.15) is 58.3 Å². The van der Waals surface area contributed by atoms with Gasteiger partial charge in [0.1, 0.15) is 0 Å². The predicted molar refractivity (Wildman–Crippen MR) is 85.9 cm³/mol. The fourth-order valence-corrected chi connectivity index (χ4v) is 5.51. The van der Waals surface area contributed by atoms with Gasteiger partial charge in [-0.25, -0.2) is 0 Å². The van der Waals surface area contributed by atoms with Crippen molar-refractivity contribution in [2.75, 3.05) is 18.8 Å². The van der Waals surface area contributed by atoms with Crippen LogP contribution in [0.5, 0.6) is 0 Å². The summed E-state index contributed by atoms with van der Waals surface area (Å²) in [5, 5.41) is 0.714. The first-order valence-electron chi connectivity index (χ1n) is 8.70. The van der Waals surface area contributed by atoms with E-state index in [1.165, 1.54) is 57.1 Å². The van der Waals surface area contributed by atoms with Gasteiger partial charge in [-0.15, -0.1) is 0 Å². The minimum Gasteiger partial charge on any atom is -0.342 e. The highest BCUT2D eigenvalue weighted by Gasteiger charge is 2.48. The number of carbonyl (C=O) groups excluding carboxylic acids is 1. The maximum absolute atomic E-state index is 12.7. The van der Waals surface area contributed by atoms with Gasteiger partial charge in [-0.1, -0.05) is 32.1 Å². The first kappa shape index (κ1) is 14.7. The summed E-state index contributed by atoms with van der Waals surface area (Å²) in [7, 11) is 0. The molecule has 114 valence electrons. The number of hydrogen-bond acceptors (Lipinski definition) is 2. The van der Waals surface area contributed by atoms with E-state index < -0.39 is 0 Å². The summed E-state index contributed by atoms with van der Waals surface area (Å²) < 4.78 is 0. The normalized spacial score (nSPS) is 34.1. The molecule has 0 bridgehead atoms. The van der Waals surface area contributed by atoms with Gasteiger partial charge in [0.25, 0.3) is 0 Å². The highest BCUT2D eigenvalue weighted by Crippen LogP contribution is 2.50. The van der Waals surface area contributed by atoms with Crippen molar-refractivity contribution in [2.24, 2.45) is 17.8 Å². The van der Waals surface area contributed by atoms with Gasteiger partial charge in [-0.3, -0.25) is 4.79 Å². The van der Waals surface area contributed by atoms with Crippen LogP contribution in [-0.4, -0.2) is 34.9 Å². The van der Waals surface area contributed by atoms with Gasteiger partial charge in [-0.05, 0) is 43.8 Å². The van der Waals surface area contributed by atoms with E-state index in [-0.39, 0.29) is 0 Å². The van der Waals surface area contributed by atoms with Crippen LogP contribution in [0.3, 0.4) is 0 Å². The zero-order valence-corrected chi connectivity index (χ0v) is 13.7. The first-order valence-corrected chi connectivity index (χ1v) is 9.75. The fourth-order valence-electron chi connectivity index (χ4n) is 4.23. The van der Waals surface area contributed by atoms with Crippen LogP contribution in [0.15, 0.2) is 0 Å². The molecule has 0 aromatic carbocycles. The van der Waals surface area contributed by atoms with Crippen molar-refractivity contribution in [2.45, 2.75) is 63.5 Å². The number of nitrogens with zero attached hydrogens (tertiary/aromatic N) is 1. The molecule has 0 spiro atoms. The molecule has 3 atom stereocenters. The summed E-state index contributed by atoms with van der Waals surface area (Å²) in [6.45, 7) is 4.06. The summed E-state index contributed by atoms with van der Waals surface area (Å²) >= 11 is 2.07. The van der Waals surface area contributed by atoms with Gasteiger partial charge in [0.15, 0.2) is 0 Å². The van der Waals surface area contributed by atoms with Crippen LogP contribution >= 0.6 is 11.8 Å². The highest BCUT2D eigenvalue weighted by molar-refractivity contribution is 8.00. The largest absolute Gasteiger partial charge is 0.342 e. The van der Waals surface area contributed by atoms with Crippen molar-refractivity contribution in [3.63, 3.8) is 0 Å². The van der Waals surface area contributed by atoms with Crippen molar-refractivity contribution in [1.29, 1.82) is 0 Å². The molecule has 3 aliphatic rings. The Kier molecular flexibility index (Phi) is 4.95. The van der Waals surface area contributed by atoms with Crippen molar-refractivity contribution >= 4 is 17.7 Å². The molecule has 3 fully saturated rings. The molecule has 1 saturated heterocycles. The number of carbonyl (C=O) groups is 1. The Bertz CT molecular complexity index is 334. The zero-order chi connectivity index (χ0) is 13.9. The van der Waals surface area contributed by atoms with Gasteiger partial charge in [0.2, 0.25) is 5.91 Å². The lowest BCUT2D eigenvalue weighted by molar-refractivity contribution is -0.132. The van der Waals surface area contributed by atoms with E-state index >= 15 is 0 Å². The lowest BCUT2D eigenvalue weighted by Gasteiger charge is -2.26. The predicted octanol–water partition coefficient (Wildman–Crippen LogP) is 3.95. The second kappa shape index (κ2) is 6.72. The topological polar surface area (TPSA) is 20.3 Å². The highest BCUT2D eigenvalue weighted by atomic mass is 32.2. The van der Waals surface area contributed by atoms with E-state index in [0.717, 1.165) is 24.9 Å². The summed E-state index contributed by atoms with van der Waals surface area (Å²) in [6, 6.07) is 0. The third-order valence-corrected chi connectivity index (χ3v) is 6.93. The molecular weight excluding hydrogens is 266 g/mol. The Morgan fingerprint density at radius 2 is 1.95 bits per heavy atom. The Morgan fingerprint density at radius 3 is 2.60 bits per heavy atom. The van der Waals surface area contributed by atoms with E-state index in [0.29, 0.717) is 17.1 Å². The molecule has 3 rings (SSSR count). The van der Waals surface area contributed by atoms with E-state index in [9.17, 15) is 4.79 Å². The molecule has 3 heteroatoms. The summed E-state index contributed by atoms with van der Waals surface area (Å²) in [6.07, 6.45) is 10.8. The third-order valence-electron chi connectivity index (χ3n) is 5.55. The maximum Gasteiger partial charge on any atom is 0.226 e. The Morgan fingerprint density at radius 1 is 1.15 bits per heavy atom. The molecule has 1 heterocycles. The second-order valence-corrected chi connectivity index (χ2v) is 8.32. The van der Waals surface area contributed by atoms with Gasteiger partial charge in [0, 0.05) is 24.3 Å². The van der Waals surface area contributed by atoms with Crippen LogP contribution in [0.25, 0.3) is 0 Å². The standard InChI is InChI=1S/C17H29NOS/c1-2-18(12-14-9-6-10-20-14)17(19)16-11-15(16)13-7-4-3-5-8-13/h13-16H,2-12H2,1H3/t14?,15-,16+/m1/s1. The Labute approximate surface area is 128 Å². The summed E-state index contributed by atoms with van der Waals surface area (Å²) in [5.41, 5.74) is 0. The van der Waals surface area contributed by atoms with E-state index in [2.05, 4.69) is 23.6 Å². The van der Waals surface area contributed by atoms with E-state index in [4.69, 9.17) is 0 Å². The van der Waals surface area contributed by atoms with Gasteiger partial charge in [-0.2, -0.15) is 11.8 Å². The lowest BCUT2D eigenvalue weighted by atomic mass is 9.85. The van der Waals surface area contributed by atoms with Crippen molar-refractivity contribution in [3.8, 4) is 0 Å².